The largest absolute Gasteiger partial charge is 0.423 e. The lowest BCUT2D eigenvalue weighted by molar-refractivity contribution is -0.120. The van der Waals surface area contributed by atoms with Crippen LogP contribution in [0.15, 0.2) is 43.0 Å². The highest BCUT2D eigenvalue weighted by Crippen LogP contribution is 2.36. The van der Waals surface area contributed by atoms with Crippen LogP contribution in [0.1, 0.15) is 13.0 Å². The first-order chi connectivity index (χ1) is 14.2. The number of tetrazole rings is 1. The monoisotopic (exact) mass is 397 g/mol. The van der Waals surface area contributed by atoms with Crippen LogP contribution in [-0.2, 0) is 14.3 Å². The smallest absolute Gasteiger partial charge is 0.341 e. The van der Waals surface area contributed by atoms with Crippen molar-refractivity contribution in [3.8, 4) is 17.4 Å². The lowest BCUT2D eigenvalue weighted by atomic mass is 10.1. The zero-order valence-corrected chi connectivity index (χ0v) is 15.6. The van der Waals surface area contributed by atoms with Gasteiger partial charge < -0.3 is 24.1 Å². The number of nitrogens with one attached hydrogen (secondary N) is 1. The van der Waals surface area contributed by atoms with Crippen molar-refractivity contribution >= 4 is 5.91 Å². The van der Waals surface area contributed by atoms with Crippen LogP contribution in [-0.4, -0.2) is 67.1 Å². The molecule has 4 atom stereocenters. The van der Waals surface area contributed by atoms with Crippen LogP contribution in [0.5, 0.6) is 11.8 Å². The molecule has 150 valence electrons. The zero-order chi connectivity index (χ0) is 19.8. The number of rotatable bonds is 5. The third-order valence-electron chi connectivity index (χ3n) is 5.04. The van der Waals surface area contributed by atoms with E-state index in [2.05, 4.69) is 25.8 Å². The summed E-state index contributed by atoms with van der Waals surface area (Å²) >= 11 is 0. The first-order valence-electron chi connectivity index (χ1n) is 9.23. The molecule has 0 bridgehead atoms. The van der Waals surface area contributed by atoms with Crippen molar-refractivity contribution in [2.45, 2.75) is 31.2 Å². The van der Waals surface area contributed by atoms with E-state index in [1.165, 1.54) is 6.92 Å². The first-order valence-corrected chi connectivity index (χ1v) is 9.23. The number of ether oxygens (including phenoxy) is 3. The number of carbonyl (C=O) groups excluding carboxylic acids is 1. The van der Waals surface area contributed by atoms with Gasteiger partial charge in [-0.1, -0.05) is 5.10 Å². The van der Waals surface area contributed by atoms with Gasteiger partial charge in [0.1, 0.15) is 24.0 Å². The van der Waals surface area contributed by atoms with Crippen molar-refractivity contribution in [1.82, 2.24) is 35.1 Å². The molecular formula is C18H19N7O4. The van der Waals surface area contributed by atoms with Gasteiger partial charge in [-0.3, -0.25) is 4.79 Å². The molecule has 2 fully saturated rings. The van der Waals surface area contributed by atoms with Gasteiger partial charge in [0.05, 0.1) is 25.6 Å². The Labute approximate surface area is 165 Å². The highest BCUT2D eigenvalue weighted by molar-refractivity contribution is 5.73. The van der Waals surface area contributed by atoms with Crippen LogP contribution in [0.3, 0.4) is 0 Å². The number of imidazole rings is 1. The molecule has 1 aromatic carbocycles. The summed E-state index contributed by atoms with van der Waals surface area (Å²) in [6.45, 7) is 2.23. The summed E-state index contributed by atoms with van der Waals surface area (Å²) in [5, 5.41) is 14.7. The lowest BCUT2D eigenvalue weighted by Crippen LogP contribution is -2.43. The molecule has 0 radical (unpaired) electrons. The average molecular weight is 397 g/mol. The summed E-state index contributed by atoms with van der Waals surface area (Å²) in [6.07, 6.45) is 4.81. The number of nitrogens with zero attached hydrogens (tertiary/aromatic N) is 6. The summed E-state index contributed by atoms with van der Waals surface area (Å²) in [7, 11) is 0. The van der Waals surface area contributed by atoms with Gasteiger partial charge in [0, 0.05) is 25.0 Å². The van der Waals surface area contributed by atoms with E-state index in [4.69, 9.17) is 14.2 Å². The normalized spacial score (nSPS) is 25.7. The Kier molecular flexibility index (Phi) is 4.45. The van der Waals surface area contributed by atoms with Gasteiger partial charge in [0.15, 0.2) is 0 Å². The third-order valence-corrected chi connectivity index (χ3v) is 5.04. The fourth-order valence-electron chi connectivity index (χ4n) is 3.74. The maximum Gasteiger partial charge on any atom is 0.341 e. The van der Waals surface area contributed by atoms with Crippen LogP contribution < -0.4 is 10.1 Å². The number of hydrogen-bond donors (Lipinski definition) is 1. The summed E-state index contributed by atoms with van der Waals surface area (Å²) in [6, 6.07) is 7.33. The number of aromatic nitrogens is 6. The lowest BCUT2D eigenvalue weighted by Gasteiger charge is -2.17. The van der Waals surface area contributed by atoms with Gasteiger partial charge in [-0.15, -0.1) is 0 Å². The van der Waals surface area contributed by atoms with Gasteiger partial charge in [-0.05, 0) is 34.7 Å². The molecule has 0 spiro atoms. The molecule has 4 heterocycles. The number of benzene rings is 1. The van der Waals surface area contributed by atoms with E-state index in [9.17, 15) is 4.79 Å². The van der Waals surface area contributed by atoms with Crippen molar-refractivity contribution in [2.75, 3.05) is 13.2 Å². The van der Waals surface area contributed by atoms with Crippen LogP contribution >= 0.6 is 0 Å². The third kappa shape index (κ3) is 3.34. The summed E-state index contributed by atoms with van der Waals surface area (Å²) in [4.78, 5) is 15.4. The highest BCUT2D eigenvalue weighted by atomic mass is 16.6. The van der Waals surface area contributed by atoms with Gasteiger partial charge in [0.2, 0.25) is 5.91 Å². The van der Waals surface area contributed by atoms with Crippen molar-refractivity contribution < 1.29 is 19.0 Å². The molecular weight excluding hydrogens is 378 g/mol. The van der Waals surface area contributed by atoms with Gasteiger partial charge in [-0.25, -0.2) is 4.98 Å². The van der Waals surface area contributed by atoms with Crippen LogP contribution in [0, 0.1) is 0 Å². The Morgan fingerprint density at radius 3 is 2.79 bits per heavy atom. The molecule has 3 aromatic rings. The van der Waals surface area contributed by atoms with E-state index in [1.54, 1.807) is 17.2 Å². The summed E-state index contributed by atoms with van der Waals surface area (Å²) < 4.78 is 21.1. The van der Waals surface area contributed by atoms with E-state index < -0.39 is 0 Å². The highest BCUT2D eigenvalue weighted by Gasteiger charge is 2.50. The fraction of sp³-hybridized carbons (Fsp3) is 0.389. The average Bonchev–Trinajstić information content (AvgIpc) is 3.48. The second kappa shape index (κ2) is 7.26. The van der Waals surface area contributed by atoms with E-state index in [-0.39, 0.29) is 36.2 Å². The summed E-state index contributed by atoms with van der Waals surface area (Å²) in [5.74, 6) is 0.487. The van der Waals surface area contributed by atoms with Crippen LogP contribution in [0.2, 0.25) is 0 Å². The Bertz CT molecular complexity index is 988. The second-order valence-corrected chi connectivity index (χ2v) is 6.94. The van der Waals surface area contributed by atoms with E-state index >= 15 is 0 Å². The predicted octanol–water partition coefficient (Wildman–Crippen LogP) is 0.495. The number of amides is 1. The SMILES string of the molecule is CC(=O)N[C@@H]1CO[C@@H]2[C@@H]1OC[C@@H]2n1nnnc1Oc1ccc(-n2ccnc2)cc1. The topological polar surface area (TPSA) is 118 Å². The van der Waals surface area contributed by atoms with Crippen LogP contribution in [0.4, 0.5) is 0 Å². The number of fused-ring (bicyclic) bond motifs is 1. The molecule has 1 N–H and O–H groups in total. The molecule has 11 heteroatoms. The first kappa shape index (κ1) is 17.8. The molecule has 29 heavy (non-hydrogen) atoms. The molecule has 2 aliphatic rings. The van der Waals surface area contributed by atoms with Crippen molar-refractivity contribution in [3.63, 3.8) is 0 Å². The fourth-order valence-corrected chi connectivity index (χ4v) is 3.74. The standard InChI is InChI=1S/C18H19N7O4/c1-11(26)20-14-8-27-17-15(9-28-16(14)17)25-18(21-22-23-25)29-13-4-2-12(3-5-13)24-7-6-19-10-24/h2-7,10,14-17H,8-9H2,1H3,(H,20,26)/t14-,15+,16-,17+/m1/s1. The molecule has 2 saturated heterocycles. The minimum atomic E-state index is -0.263. The van der Waals surface area contributed by atoms with Crippen molar-refractivity contribution in [2.24, 2.45) is 0 Å². The number of hydrogen-bond acceptors (Lipinski definition) is 8. The quantitative estimate of drug-likeness (QED) is 0.661. The van der Waals surface area contributed by atoms with Crippen molar-refractivity contribution in [3.05, 3.63) is 43.0 Å². The van der Waals surface area contributed by atoms with E-state index in [0.717, 1.165) is 5.69 Å². The van der Waals surface area contributed by atoms with Crippen molar-refractivity contribution in [1.29, 1.82) is 0 Å². The maximum absolute atomic E-state index is 11.4. The second-order valence-electron chi connectivity index (χ2n) is 6.94. The minimum Gasteiger partial charge on any atom is -0.423 e. The molecule has 0 unspecified atom stereocenters. The molecule has 0 aliphatic carbocycles. The molecule has 11 nitrogen and oxygen atoms in total. The van der Waals surface area contributed by atoms with Gasteiger partial charge in [-0.2, -0.15) is 4.68 Å². The van der Waals surface area contributed by atoms with E-state index in [0.29, 0.717) is 19.0 Å². The Hall–Kier alpha value is -3.31. The molecule has 2 aliphatic heterocycles. The van der Waals surface area contributed by atoms with Gasteiger partial charge >= 0.3 is 6.01 Å². The maximum atomic E-state index is 11.4. The number of carbonyl (C=O) groups is 1. The zero-order valence-electron chi connectivity index (χ0n) is 15.6. The van der Waals surface area contributed by atoms with E-state index in [1.807, 2.05) is 35.0 Å². The summed E-state index contributed by atoms with van der Waals surface area (Å²) in [5.41, 5.74) is 0.963. The Morgan fingerprint density at radius 1 is 1.21 bits per heavy atom. The predicted molar refractivity (Wildman–Crippen MR) is 97.6 cm³/mol. The molecule has 0 saturated carbocycles. The Morgan fingerprint density at radius 2 is 2.03 bits per heavy atom. The minimum absolute atomic E-state index is 0.114. The van der Waals surface area contributed by atoms with Gasteiger partial charge in [0.25, 0.3) is 0 Å². The molecule has 5 rings (SSSR count). The molecule has 1 amide bonds. The van der Waals surface area contributed by atoms with Crippen LogP contribution in [0.25, 0.3) is 5.69 Å². The Balaban J connectivity index is 1.31. The molecule has 2 aromatic heterocycles.